The van der Waals surface area contributed by atoms with Gasteiger partial charge in [0, 0.05) is 0 Å². The van der Waals surface area contributed by atoms with E-state index in [2.05, 4.69) is 0 Å². The maximum Gasteiger partial charge on any atom is 0.238 e. The summed E-state index contributed by atoms with van der Waals surface area (Å²) in [5.74, 6) is 0.269. The summed E-state index contributed by atoms with van der Waals surface area (Å²) in [6.45, 7) is 0. The molecule has 4 nitrogen and oxygen atoms in total. The molecule has 1 N–H and O–H groups in total. The molecule has 3 aliphatic rings. The standard InChI is InChI=1S/C15H15NO3/c17-11-4-2-1-3-10(11)16-14(18)12-8-5-6-9(7-8)13(12)15(16)19/h1-4,8-9,12-13,17H,5-7H2/t8-,9-,12-,13-/m0/s1. The quantitative estimate of drug-likeness (QED) is 0.782. The first-order valence-electron chi connectivity index (χ1n) is 6.84. The van der Waals surface area contributed by atoms with Gasteiger partial charge in [-0.25, -0.2) is 4.90 Å². The van der Waals surface area contributed by atoms with Crippen molar-refractivity contribution < 1.29 is 14.7 Å². The van der Waals surface area contributed by atoms with Crippen molar-refractivity contribution >= 4 is 17.5 Å². The van der Waals surface area contributed by atoms with Crippen molar-refractivity contribution in [3.05, 3.63) is 24.3 Å². The summed E-state index contributed by atoms with van der Waals surface area (Å²) < 4.78 is 0. The van der Waals surface area contributed by atoms with Crippen molar-refractivity contribution in [2.24, 2.45) is 23.7 Å². The average molecular weight is 257 g/mol. The molecule has 1 aromatic carbocycles. The highest BCUT2D eigenvalue weighted by Gasteiger charge is 2.61. The topological polar surface area (TPSA) is 57.6 Å². The van der Waals surface area contributed by atoms with Gasteiger partial charge in [0.15, 0.2) is 0 Å². The summed E-state index contributed by atoms with van der Waals surface area (Å²) in [6.07, 6.45) is 3.17. The van der Waals surface area contributed by atoms with Gasteiger partial charge >= 0.3 is 0 Å². The molecular formula is C15H15NO3. The van der Waals surface area contributed by atoms with Crippen molar-refractivity contribution in [3.8, 4) is 5.75 Å². The number of hydrogen-bond donors (Lipinski definition) is 1. The van der Waals surface area contributed by atoms with E-state index in [4.69, 9.17) is 0 Å². The molecule has 4 rings (SSSR count). The Balaban J connectivity index is 1.78. The van der Waals surface area contributed by atoms with Gasteiger partial charge in [0.1, 0.15) is 5.75 Å². The second-order valence-corrected chi connectivity index (χ2v) is 5.89. The van der Waals surface area contributed by atoms with Crippen LogP contribution >= 0.6 is 0 Å². The zero-order chi connectivity index (χ0) is 13.1. The zero-order valence-electron chi connectivity index (χ0n) is 10.5. The molecule has 0 aromatic heterocycles. The Kier molecular flexibility index (Phi) is 2.08. The Labute approximate surface area is 111 Å². The second kappa shape index (κ2) is 3.59. The van der Waals surface area contributed by atoms with E-state index >= 15 is 0 Å². The van der Waals surface area contributed by atoms with E-state index in [1.165, 1.54) is 11.0 Å². The Morgan fingerprint density at radius 1 is 1.00 bits per heavy atom. The minimum atomic E-state index is -0.133. The fraction of sp³-hybridized carbons (Fsp3) is 0.467. The minimum Gasteiger partial charge on any atom is -0.506 e. The Morgan fingerprint density at radius 3 is 2.16 bits per heavy atom. The molecule has 1 aliphatic heterocycles. The number of amides is 2. The lowest BCUT2D eigenvalue weighted by Crippen LogP contribution is -2.32. The molecule has 1 saturated heterocycles. The second-order valence-electron chi connectivity index (χ2n) is 5.89. The SMILES string of the molecule is O=C1[C@H]2[C@H]3CC[C@@H](C3)[C@@H]2C(=O)N1c1ccccc1O. The van der Waals surface area contributed by atoms with Crippen LogP contribution in [0.4, 0.5) is 5.69 Å². The average Bonchev–Trinajstić information content (AvgIpc) is 3.06. The van der Waals surface area contributed by atoms with Gasteiger partial charge in [0.2, 0.25) is 11.8 Å². The van der Waals surface area contributed by atoms with Crippen LogP contribution in [0, 0.1) is 23.7 Å². The van der Waals surface area contributed by atoms with Crippen LogP contribution in [0.5, 0.6) is 5.75 Å². The van der Waals surface area contributed by atoms with Crippen LogP contribution in [-0.2, 0) is 9.59 Å². The summed E-state index contributed by atoms with van der Waals surface area (Å²) in [4.78, 5) is 26.3. The molecule has 2 saturated carbocycles. The number of carbonyl (C=O) groups is 2. The van der Waals surface area contributed by atoms with Crippen LogP contribution in [0.1, 0.15) is 19.3 Å². The number of benzene rings is 1. The lowest BCUT2D eigenvalue weighted by atomic mass is 9.81. The molecule has 3 fully saturated rings. The number of nitrogens with zero attached hydrogens (tertiary/aromatic N) is 1. The highest BCUT2D eigenvalue weighted by molar-refractivity contribution is 6.23. The van der Waals surface area contributed by atoms with Gasteiger partial charge in [-0.1, -0.05) is 12.1 Å². The molecule has 0 radical (unpaired) electrons. The van der Waals surface area contributed by atoms with E-state index in [1.54, 1.807) is 18.2 Å². The summed E-state index contributed by atoms with van der Waals surface area (Å²) in [7, 11) is 0. The van der Waals surface area contributed by atoms with Crippen LogP contribution < -0.4 is 4.90 Å². The number of carbonyl (C=O) groups excluding carboxylic acids is 2. The minimum absolute atomic E-state index is 0.00322. The van der Waals surface area contributed by atoms with E-state index in [9.17, 15) is 14.7 Å². The lowest BCUT2D eigenvalue weighted by Gasteiger charge is -2.19. The molecule has 4 atom stereocenters. The summed E-state index contributed by atoms with van der Waals surface area (Å²) in [5.41, 5.74) is 0.339. The van der Waals surface area contributed by atoms with Gasteiger partial charge in [0.25, 0.3) is 0 Å². The highest BCUT2D eigenvalue weighted by Crippen LogP contribution is 2.57. The maximum atomic E-state index is 12.5. The Bertz CT molecular complexity index is 555. The predicted molar refractivity (Wildman–Crippen MR) is 68.4 cm³/mol. The smallest absolute Gasteiger partial charge is 0.238 e. The van der Waals surface area contributed by atoms with Crippen LogP contribution in [0.15, 0.2) is 24.3 Å². The van der Waals surface area contributed by atoms with E-state index < -0.39 is 0 Å². The van der Waals surface area contributed by atoms with Crippen LogP contribution in [0.2, 0.25) is 0 Å². The third-order valence-electron chi connectivity index (χ3n) is 5.05. The van der Waals surface area contributed by atoms with Gasteiger partial charge in [-0.05, 0) is 43.2 Å². The van der Waals surface area contributed by atoms with Crippen LogP contribution in [-0.4, -0.2) is 16.9 Å². The molecule has 98 valence electrons. The molecule has 4 heteroatoms. The molecule has 2 amide bonds. The number of anilines is 1. The van der Waals surface area contributed by atoms with Crippen LogP contribution in [0.3, 0.4) is 0 Å². The van der Waals surface area contributed by atoms with Gasteiger partial charge in [-0.3, -0.25) is 9.59 Å². The fourth-order valence-corrected chi connectivity index (χ4v) is 4.30. The molecule has 2 bridgehead atoms. The van der Waals surface area contributed by atoms with Crippen molar-refractivity contribution in [3.63, 3.8) is 0 Å². The van der Waals surface area contributed by atoms with Crippen molar-refractivity contribution in [2.75, 3.05) is 4.90 Å². The monoisotopic (exact) mass is 257 g/mol. The van der Waals surface area contributed by atoms with E-state index in [0.717, 1.165) is 19.3 Å². The molecule has 19 heavy (non-hydrogen) atoms. The third kappa shape index (κ3) is 1.29. The Hall–Kier alpha value is -1.84. The molecule has 1 aromatic rings. The number of phenols is 1. The van der Waals surface area contributed by atoms with E-state index in [-0.39, 0.29) is 29.4 Å². The molecule has 1 heterocycles. The van der Waals surface area contributed by atoms with Gasteiger partial charge in [0.05, 0.1) is 17.5 Å². The summed E-state index contributed by atoms with van der Waals surface area (Å²) in [6, 6.07) is 6.57. The van der Waals surface area contributed by atoms with Gasteiger partial charge < -0.3 is 5.11 Å². The number of phenolic OH excluding ortho intramolecular Hbond substituents is 1. The number of para-hydroxylation sites is 2. The van der Waals surface area contributed by atoms with Gasteiger partial charge in [-0.2, -0.15) is 0 Å². The van der Waals surface area contributed by atoms with E-state index in [0.29, 0.717) is 17.5 Å². The van der Waals surface area contributed by atoms with Crippen molar-refractivity contribution in [2.45, 2.75) is 19.3 Å². The largest absolute Gasteiger partial charge is 0.506 e. The zero-order valence-corrected chi connectivity index (χ0v) is 10.5. The van der Waals surface area contributed by atoms with Gasteiger partial charge in [-0.15, -0.1) is 0 Å². The molecular weight excluding hydrogens is 242 g/mol. The maximum absolute atomic E-state index is 12.5. The summed E-state index contributed by atoms with van der Waals surface area (Å²) in [5, 5.41) is 9.87. The number of aromatic hydroxyl groups is 1. The number of fused-ring (bicyclic) bond motifs is 5. The molecule has 0 unspecified atom stereocenters. The van der Waals surface area contributed by atoms with Crippen molar-refractivity contribution in [1.29, 1.82) is 0 Å². The first kappa shape index (κ1) is 11.0. The molecule has 2 aliphatic carbocycles. The van der Waals surface area contributed by atoms with Crippen molar-refractivity contribution in [1.82, 2.24) is 0 Å². The molecule has 0 spiro atoms. The first-order valence-corrected chi connectivity index (χ1v) is 6.84. The van der Waals surface area contributed by atoms with Crippen LogP contribution in [0.25, 0.3) is 0 Å². The predicted octanol–water partition coefficient (Wildman–Crippen LogP) is 1.93. The first-order chi connectivity index (χ1) is 9.18. The highest BCUT2D eigenvalue weighted by atomic mass is 16.3. The normalized spacial score (nSPS) is 36.1. The lowest BCUT2D eigenvalue weighted by molar-refractivity contribution is -0.123. The third-order valence-corrected chi connectivity index (χ3v) is 5.05. The van der Waals surface area contributed by atoms with E-state index in [1.807, 2.05) is 0 Å². The number of rotatable bonds is 1. The number of imide groups is 1. The Morgan fingerprint density at radius 2 is 1.58 bits per heavy atom. The number of hydrogen-bond acceptors (Lipinski definition) is 3. The fourth-order valence-electron chi connectivity index (χ4n) is 4.30. The summed E-state index contributed by atoms with van der Waals surface area (Å²) >= 11 is 0.